The molecule has 0 spiro atoms. The minimum atomic E-state index is -2.95. The first-order chi connectivity index (χ1) is 13.1. The summed E-state index contributed by atoms with van der Waals surface area (Å²) in [6, 6.07) is 1.19. The van der Waals surface area contributed by atoms with E-state index in [9.17, 15) is 8.78 Å². The smallest absolute Gasteiger partial charge is 0.388 e. The molecule has 27 heavy (non-hydrogen) atoms. The van der Waals surface area contributed by atoms with Crippen LogP contribution >= 0.6 is 0 Å². The van der Waals surface area contributed by atoms with Crippen molar-refractivity contribution in [2.24, 2.45) is 0 Å². The summed E-state index contributed by atoms with van der Waals surface area (Å²) in [6.07, 6.45) is 2.99. The Morgan fingerprint density at radius 2 is 2.26 bits per heavy atom. The molecule has 0 aromatic carbocycles. The van der Waals surface area contributed by atoms with E-state index in [4.69, 9.17) is 9.47 Å². The average molecular weight is 381 g/mol. The number of H-pyrrole nitrogens is 1. The normalized spacial score (nSPS) is 18.7. The fraction of sp³-hybridized carbons (Fsp3) is 0.467. The lowest BCUT2D eigenvalue weighted by Gasteiger charge is -2.28. The number of rotatable bonds is 6. The lowest BCUT2D eigenvalue weighted by Crippen LogP contribution is -2.35. The summed E-state index contributed by atoms with van der Waals surface area (Å²) in [4.78, 5) is 8.83. The van der Waals surface area contributed by atoms with Gasteiger partial charge in [-0.15, -0.1) is 5.10 Å². The van der Waals surface area contributed by atoms with Crippen LogP contribution < -0.4 is 10.1 Å². The van der Waals surface area contributed by atoms with Crippen LogP contribution in [0.5, 0.6) is 5.88 Å². The fourth-order valence-corrected chi connectivity index (χ4v) is 2.78. The minimum Gasteiger partial charge on any atom is -0.415 e. The Balaban J connectivity index is 1.55. The van der Waals surface area contributed by atoms with E-state index >= 15 is 0 Å². The van der Waals surface area contributed by atoms with Gasteiger partial charge in [0, 0.05) is 6.07 Å². The number of halogens is 2. The minimum absolute atomic E-state index is 0.106. The van der Waals surface area contributed by atoms with Crippen molar-refractivity contribution in [1.29, 1.82) is 0 Å². The van der Waals surface area contributed by atoms with Crippen LogP contribution in [0.25, 0.3) is 11.2 Å². The van der Waals surface area contributed by atoms with Gasteiger partial charge in [0.25, 0.3) is 0 Å². The molecular weight excluding hydrogens is 364 g/mol. The molecule has 1 fully saturated rings. The predicted octanol–water partition coefficient (Wildman–Crippen LogP) is 1.87. The molecule has 4 rings (SSSR count). The van der Waals surface area contributed by atoms with Crippen LogP contribution in [0.3, 0.4) is 0 Å². The van der Waals surface area contributed by atoms with Crippen LogP contribution in [-0.2, 0) is 9.47 Å². The number of aromatic amines is 1. The van der Waals surface area contributed by atoms with Gasteiger partial charge >= 0.3 is 6.61 Å². The highest BCUT2D eigenvalue weighted by atomic mass is 19.3. The van der Waals surface area contributed by atoms with Crippen molar-refractivity contribution in [2.75, 3.05) is 25.1 Å². The molecule has 3 aromatic rings. The predicted molar refractivity (Wildman–Crippen MR) is 89.1 cm³/mol. The largest absolute Gasteiger partial charge is 0.415 e. The number of nitrogens with one attached hydrogen (secondary N) is 2. The van der Waals surface area contributed by atoms with E-state index in [1.54, 1.807) is 10.9 Å². The highest BCUT2D eigenvalue weighted by molar-refractivity contribution is 5.72. The van der Waals surface area contributed by atoms with Crippen LogP contribution in [0.4, 0.5) is 20.4 Å². The van der Waals surface area contributed by atoms with Crippen LogP contribution in [0, 0.1) is 0 Å². The van der Waals surface area contributed by atoms with Gasteiger partial charge in [0.2, 0.25) is 5.88 Å². The molecule has 0 aliphatic carbocycles. The molecule has 0 radical (unpaired) electrons. The van der Waals surface area contributed by atoms with Crippen molar-refractivity contribution in [3.05, 3.63) is 18.5 Å². The molecular formula is C15H17F2N7O3. The molecule has 0 amide bonds. The molecule has 12 heteroatoms. The van der Waals surface area contributed by atoms with Crippen molar-refractivity contribution < 1.29 is 23.0 Å². The summed E-state index contributed by atoms with van der Waals surface area (Å²) in [5, 5.41) is 13.4. The van der Waals surface area contributed by atoms with Crippen molar-refractivity contribution in [3.8, 4) is 5.88 Å². The van der Waals surface area contributed by atoms with Gasteiger partial charge in [-0.2, -0.15) is 13.9 Å². The summed E-state index contributed by atoms with van der Waals surface area (Å²) >= 11 is 0. The number of aromatic nitrogens is 6. The second-order valence-electron chi connectivity index (χ2n) is 5.90. The third-order valence-electron chi connectivity index (χ3n) is 4.10. The molecule has 3 aromatic heterocycles. The van der Waals surface area contributed by atoms with Crippen molar-refractivity contribution >= 4 is 22.8 Å². The lowest BCUT2D eigenvalue weighted by molar-refractivity contribution is -0.106. The lowest BCUT2D eigenvalue weighted by atomic mass is 10.2. The average Bonchev–Trinajstić information content (AvgIpc) is 3.28. The first kappa shape index (κ1) is 17.5. The molecule has 4 heterocycles. The monoisotopic (exact) mass is 381 g/mol. The Morgan fingerprint density at radius 3 is 3.04 bits per heavy atom. The van der Waals surface area contributed by atoms with E-state index in [2.05, 4.69) is 35.3 Å². The zero-order valence-corrected chi connectivity index (χ0v) is 14.3. The molecule has 10 nitrogen and oxygen atoms in total. The molecule has 0 saturated carbocycles. The van der Waals surface area contributed by atoms with Gasteiger partial charge in [0.05, 0.1) is 38.3 Å². The van der Waals surface area contributed by atoms with Gasteiger partial charge in [-0.3, -0.25) is 5.10 Å². The number of anilines is 2. The standard InChI is InChI=1S/C15H17F2N7O3/c1-8(10-7-25-2-3-26-10)24-14-9(5-19-24)18-6-12(21-14)20-11-4-13(23-22-11)27-15(16)17/h4-6,8,10,15H,2-3,7H2,1H3,(H2,20,21,22,23)/t8-,10+/m1/s1. The Hall–Kier alpha value is -2.86. The van der Waals surface area contributed by atoms with Crippen molar-refractivity contribution in [1.82, 2.24) is 29.9 Å². The molecule has 2 atom stereocenters. The molecule has 1 aliphatic heterocycles. The summed E-state index contributed by atoms with van der Waals surface area (Å²) in [6.45, 7) is 0.623. The van der Waals surface area contributed by atoms with Crippen LogP contribution in [0.15, 0.2) is 18.5 Å². The summed E-state index contributed by atoms with van der Waals surface area (Å²) < 4.78 is 41.6. The quantitative estimate of drug-likeness (QED) is 0.666. The number of hydrogen-bond acceptors (Lipinski definition) is 8. The van der Waals surface area contributed by atoms with E-state index in [0.29, 0.717) is 42.6 Å². The van der Waals surface area contributed by atoms with E-state index in [1.807, 2.05) is 6.92 Å². The SMILES string of the molecule is C[C@H]([C@@H]1COCCO1)n1ncc2ncc(Nc3cc(OC(F)F)n[nH]3)nc21. The summed E-state index contributed by atoms with van der Waals surface area (Å²) in [7, 11) is 0. The molecule has 2 N–H and O–H groups in total. The Kier molecular flexibility index (Phi) is 4.81. The zero-order chi connectivity index (χ0) is 18.8. The number of hydrogen-bond donors (Lipinski definition) is 2. The second kappa shape index (κ2) is 7.40. The maximum absolute atomic E-state index is 12.2. The van der Waals surface area contributed by atoms with E-state index in [-0.39, 0.29) is 18.0 Å². The van der Waals surface area contributed by atoms with E-state index in [1.165, 1.54) is 12.3 Å². The topological polar surface area (TPSA) is 112 Å². The van der Waals surface area contributed by atoms with Crippen molar-refractivity contribution in [2.45, 2.75) is 25.7 Å². The highest BCUT2D eigenvalue weighted by Gasteiger charge is 2.25. The Bertz CT molecular complexity index is 910. The van der Waals surface area contributed by atoms with Crippen LogP contribution in [0.1, 0.15) is 13.0 Å². The van der Waals surface area contributed by atoms with Gasteiger partial charge in [-0.1, -0.05) is 0 Å². The molecule has 144 valence electrons. The highest BCUT2D eigenvalue weighted by Crippen LogP contribution is 2.23. The van der Waals surface area contributed by atoms with E-state index < -0.39 is 6.61 Å². The first-order valence-electron chi connectivity index (χ1n) is 8.27. The molecule has 1 saturated heterocycles. The van der Waals surface area contributed by atoms with Gasteiger partial charge < -0.3 is 19.5 Å². The van der Waals surface area contributed by atoms with Gasteiger partial charge in [0.1, 0.15) is 17.4 Å². The molecule has 1 aliphatic rings. The maximum Gasteiger partial charge on any atom is 0.388 e. The summed E-state index contributed by atoms with van der Waals surface area (Å²) in [5.41, 5.74) is 1.18. The summed E-state index contributed by atoms with van der Waals surface area (Å²) in [5.74, 6) is 0.501. The van der Waals surface area contributed by atoms with E-state index in [0.717, 1.165) is 0 Å². The first-order valence-corrected chi connectivity index (χ1v) is 8.27. The molecule has 0 bridgehead atoms. The Morgan fingerprint density at radius 1 is 1.37 bits per heavy atom. The van der Waals surface area contributed by atoms with Gasteiger partial charge in [0.15, 0.2) is 11.5 Å². The fourth-order valence-electron chi connectivity index (χ4n) is 2.78. The molecule has 0 unspecified atom stereocenters. The maximum atomic E-state index is 12.2. The third-order valence-corrected chi connectivity index (χ3v) is 4.10. The zero-order valence-electron chi connectivity index (χ0n) is 14.3. The van der Waals surface area contributed by atoms with Gasteiger partial charge in [-0.05, 0) is 6.92 Å². The van der Waals surface area contributed by atoms with Crippen LogP contribution in [0.2, 0.25) is 0 Å². The van der Waals surface area contributed by atoms with Crippen LogP contribution in [-0.4, -0.2) is 62.5 Å². The number of nitrogens with zero attached hydrogens (tertiary/aromatic N) is 5. The number of alkyl halides is 2. The number of fused-ring (bicyclic) bond motifs is 1. The van der Waals surface area contributed by atoms with Gasteiger partial charge in [-0.25, -0.2) is 14.6 Å². The Labute approximate surface area is 151 Å². The number of ether oxygens (including phenoxy) is 3. The second-order valence-corrected chi connectivity index (χ2v) is 5.90. The third kappa shape index (κ3) is 3.80. The van der Waals surface area contributed by atoms with Crippen molar-refractivity contribution in [3.63, 3.8) is 0 Å².